The number of carbonyl (C=O) groups is 1. The monoisotopic (exact) mass is 391 g/mol. The lowest BCUT2D eigenvalue weighted by Gasteiger charge is -2.22. The van der Waals surface area contributed by atoms with E-state index in [-0.39, 0.29) is 11.3 Å². The predicted molar refractivity (Wildman–Crippen MR) is 109 cm³/mol. The van der Waals surface area contributed by atoms with Gasteiger partial charge in [-0.05, 0) is 40.8 Å². The molecule has 0 fully saturated rings. The molecule has 0 radical (unpaired) electrons. The largest absolute Gasteiger partial charge is 0.491 e. The Kier molecular flexibility index (Phi) is 7.13. The Morgan fingerprint density at radius 2 is 1.88 bits per heavy atom. The molecule has 0 spiro atoms. The molecule has 0 aliphatic carbocycles. The third-order valence-corrected chi connectivity index (χ3v) is 4.29. The molecule has 0 saturated carbocycles. The van der Waals surface area contributed by atoms with E-state index in [0.717, 1.165) is 16.9 Å². The Hall–Kier alpha value is -1.97. The van der Waals surface area contributed by atoms with Crippen molar-refractivity contribution in [1.82, 2.24) is 5.32 Å². The van der Waals surface area contributed by atoms with Gasteiger partial charge in [-0.3, -0.25) is 4.79 Å². The molecule has 0 atom stereocenters. The van der Waals surface area contributed by atoms with Crippen molar-refractivity contribution in [2.45, 2.75) is 26.2 Å². The second kappa shape index (κ2) is 9.11. The third kappa shape index (κ3) is 6.08. The molecule has 0 aromatic heterocycles. The number of hydrogen-bond donors (Lipinski definition) is 1. The van der Waals surface area contributed by atoms with E-state index in [1.807, 2.05) is 18.2 Å². The standard InChI is InChI=1S/C21H23Cl2NO2/c1-21(2,3)17-6-4-5-7-19(17)26-13-12-24-20(25)11-9-15-8-10-16(22)14-18(15)23/h4-11,14H,12-13H2,1-3H3,(H,24,25)/b11-9+. The molecule has 1 N–H and O–H groups in total. The fourth-order valence-electron chi connectivity index (χ4n) is 2.41. The molecule has 1 amide bonds. The number of carbonyl (C=O) groups excluding carboxylic acids is 1. The van der Waals surface area contributed by atoms with Gasteiger partial charge in [0.15, 0.2) is 0 Å². The van der Waals surface area contributed by atoms with Crippen LogP contribution in [0.15, 0.2) is 48.5 Å². The van der Waals surface area contributed by atoms with Crippen molar-refractivity contribution in [3.63, 3.8) is 0 Å². The Labute approximate surface area is 165 Å². The highest BCUT2D eigenvalue weighted by atomic mass is 35.5. The first kappa shape index (κ1) is 20.3. The summed E-state index contributed by atoms with van der Waals surface area (Å²) in [5.41, 5.74) is 1.88. The zero-order valence-corrected chi connectivity index (χ0v) is 16.7. The Bertz CT molecular complexity index is 795. The highest BCUT2D eigenvalue weighted by Gasteiger charge is 2.18. The van der Waals surface area contributed by atoms with Crippen LogP contribution in [0.25, 0.3) is 6.08 Å². The summed E-state index contributed by atoms with van der Waals surface area (Å²) in [4.78, 5) is 11.9. The minimum atomic E-state index is -0.205. The molecule has 0 unspecified atom stereocenters. The fraction of sp³-hybridized carbons (Fsp3) is 0.286. The van der Waals surface area contributed by atoms with E-state index in [1.165, 1.54) is 6.08 Å². The smallest absolute Gasteiger partial charge is 0.244 e. The second-order valence-corrected chi connectivity index (χ2v) is 7.73. The number of nitrogens with one attached hydrogen (secondary N) is 1. The van der Waals surface area contributed by atoms with Crippen LogP contribution in [-0.2, 0) is 10.2 Å². The summed E-state index contributed by atoms with van der Waals surface area (Å²) in [5.74, 6) is 0.640. The average Bonchev–Trinajstić information content (AvgIpc) is 2.57. The molecule has 0 saturated heterocycles. The molecule has 5 heteroatoms. The molecule has 0 heterocycles. The van der Waals surface area contributed by atoms with Crippen LogP contribution in [0.3, 0.4) is 0 Å². The summed E-state index contributed by atoms with van der Waals surface area (Å²) in [6.07, 6.45) is 3.10. The maximum absolute atomic E-state index is 11.9. The van der Waals surface area contributed by atoms with E-state index >= 15 is 0 Å². The quantitative estimate of drug-likeness (QED) is 0.521. The molecular formula is C21H23Cl2NO2. The van der Waals surface area contributed by atoms with Crippen LogP contribution in [0.1, 0.15) is 31.9 Å². The Balaban J connectivity index is 1.83. The van der Waals surface area contributed by atoms with Gasteiger partial charge in [0.2, 0.25) is 5.91 Å². The summed E-state index contributed by atoms with van der Waals surface area (Å²) in [7, 11) is 0. The average molecular weight is 392 g/mol. The Morgan fingerprint density at radius 3 is 2.58 bits per heavy atom. The number of halogens is 2. The minimum absolute atomic E-state index is 0.000424. The van der Waals surface area contributed by atoms with Gasteiger partial charge in [-0.15, -0.1) is 0 Å². The van der Waals surface area contributed by atoms with Gasteiger partial charge >= 0.3 is 0 Å². The lowest BCUT2D eigenvalue weighted by Crippen LogP contribution is -2.26. The van der Waals surface area contributed by atoms with Gasteiger partial charge in [0.25, 0.3) is 0 Å². The SMILES string of the molecule is CC(C)(C)c1ccccc1OCCNC(=O)/C=C/c1ccc(Cl)cc1Cl. The van der Waals surface area contributed by atoms with Crippen molar-refractivity contribution in [2.24, 2.45) is 0 Å². The van der Waals surface area contributed by atoms with Crippen LogP contribution in [0.5, 0.6) is 5.75 Å². The number of amides is 1. The molecule has 138 valence electrons. The fourth-order valence-corrected chi connectivity index (χ4v) is 2.88. The van der Waals surface area contributed by atoms with E-state index in [9.17, 15) is 4.79 Å². The number of rotatable bonds is 6. The van der Waals surface area contributed by atoms with Crippen LogP contribution in [0.2, 0.25) is 10.0 Å². The van der Waals surface area contributed by atoms with Gasteiger partial charge < -0.3 is 10.1 Å². The van der Waals surface area contributed by atoms with Crippen molar-refractivity contribution < 1.29 is 9.53 Å². The first-order valence-electron chi connectivity index (χ1n) is 8.40. The summed E-state index contributed by atoms with van der Waals surface area (Å²) < 4.78 is 5.83. The van der Waals surface area contributed by atoms with E-state index < -0.39 is 0 Å². The van der Waals surface area contributed by atoms with Gasteiger partial charge in [-0.2, -0.15) is 0 Å². The first-order valence-corrected chi connectivity index (χ1v) is 9.16. The van der Waals surface area contributed by atoms with E-state index in [2.05, 4.69) is 32.2 Å². The first-order chi connectivity index (χ1) is 12.3. The minimum Gasteiger partial charge on any atom is -0.491 e. The van der Waals surface area contributed by atoms with Crippen molar-refractivity contribution in [1.29, 1.82) is 0 Å². The molecule has 2 aromatic rings. The zero-order chi connectivity index (χ0) is 19.2. The summed E-state index contributed by atoms with van der Waals surface area (Å²) in [6, 6.07) is 13.1. The highest BCUT2D eigenvalue weighted by molar-refractivity contribution is 6.35. The summed E-state index contributed by atoms with van der Waals surface area (Å²) in [5, 5.41) is 3.86. The molecule has 26 heavy (non-hydrogen) atoms. The highest BCUT2D eigenvalue weighted by Crippen LogP contribution is 2.30. The lowest BCUT2D eigenvalue weighted by atomic mass is 9.86. The van der Waals surface area contributed by atoms with E-state index in [0.29, 0.717) is 23.2 Å². The van der Waals surface area contributed by atoms with Crippen molar-refractivity contribution >= 4 is 35.2 Å². The molecule has 3 nitrogen and oxygen atoms in total. The molecular weight excluding hydrogens is 369 g/mol. The normalized spacial score (nSPS) is 11.6. The molecule has 0 bridgehead atoms. The van der Waals surface area contributed by atoms with Gasteiger partial charge in [0, 0.05) is 16.1 Å². The van der Waals surface area contributed by atoms with Crippen LogP contribution < -0.4 is 10.1 Å². The predicted octanol–water partition coefficient (Wildman–Crippen LogP) is 5.50. The van der Waals surface area contributed by atoms with Crippen LogP contribution in [0, 0.1) is 0 Å². The molecule has 0 aliphatic heterocycles. The van der Waals surface area contributed by atoms with Gasteiger partial charge in [0.1, 0.15) is 12.4 Å². The maximum Gasteiger partial charge on any atom is 0.244 e. The number of hydrogen-bond acceptors (Lipinski definition) is 2. The van der Waals surface area contributed by atoms with Crippen LogP contribution >= 0.6 is 23.2 Å². The summed E-state index contributed by atoms with van der Waals surface area (Å²) in [6.45, 7) is 7.24. The van der Waals surface area contributed by atoms with Crippen molar-refractivity contribution in [3.05, 3.63) is 69.7 Å². The molecule has 2 aromatic carbocycles. The topological polar surface area (TPSA) is 38.3 Å². The zero-order valence-electron chi connectivity index (χ0n) is 15.2. The number of ether oxygens (including phenoxy) is 1. The van der Waals surface area contributed by atoms with Crippen LogP contribution in [0.4, 0.5) is 0 Å². The number of benzene rings is 2. The Morgan fingerprint density at radius 1 is 1.15 bits per heavy atom. The van der Waals surface area contributed by atoms with Crippen molar-refractivity contribution in [2.75, 3.05) is 13.2 Å². The van der Waals surface area contributed by atoms with Crippen molar-refractivity contribution in [3.8, 4) is 5.75 Å². The second-order valence-electron chi connectivity index (χ2n) is 6.88. The van der Waals surface area contributed by atoms with Gasteiger partial charge in [0.05, 0.1) is 6.54 Å². The summed E-state index contributed by atoms with van der Waals surface area (Å²) >= 11 is 11.9. The molecule has 0 aliphatic rings. The lowest BCUT2D eigenvalue weighted by molar-refractivity contribution is -0.116. The van der Waals surface area contributed by atoms with E-state index in [4.69, 9.17) is 27.9 Å². The third-order valence-electron chi connectivity index (χ3n) is 3.73. The van der Waals surface area contributed by atoms with E-state index in [1.54, 1.807) is 24.3 Å². The van der Waals surface area contributed by atoms with Gasteiger partial charge in [-0.1, -0.05) is 68.2 Å². The maximum atomic E-state index is 11.9. The van der Waals surface area contributed by atoms with Crippen LogP contribution in [-0.4, -0.2) is 19.1 Å². The van der Waals surface area contributed by atoms with Gasteiger partial charge in [-0.25, -0.2) is 0 Å². The number of para-hydroxylation sites is 1. The molecule has 2 rings (SSSR count).